The number of carbonyl (C=O) groups excluding carboxylic acids is 1. The molecule has 0 spiro atoms. The van der Waals surface area contributed by atoms with Crippen molar-refractivity contribution < 1.29 is 14.3 Å². The van der Waals surface area contributed by atoms with Gasteiger partial charge in [0, 0.05) is 0 Å². The van der Waals surface area contributed by atoms with Gasteiger partial charge in [-0.15, -0.1) is 0 Å². The lowest BCUT2D eigenvalue weighted by Gasteiger charge is -2.28. The Morgan fingerprint density at radius 1 is 1.25 bits per heavy atom. The third-order valence-electron chi connectivity index (χ3n) is 3.24. The van der Waals surface area contributed by atoms with Crippen LogP contribution >= 0.6 is 0 Å². The standard InChI is InChI=1S/C13H24O3/c1-4-12(13(14)15-5-2)16-11-8-6-10(3)7-9-11/h10-12H,4-9H2,1-3H3. The molecule has 0 aromatic heterocycles. The molecule has 0 amide bonds. The minimum absolute atomic E-state index is 0.205. The van der Waals surface area contributed by atoms with Crippen LogP contribution in [0.3, 0.4) is 0 Å². The van der Waals surface area contributed by atoms with Crippen molar-refractivity contribution in [2.45, 2.75) is 65.1 Å². The van der Waals surface area contributed by atoms with Crippen molar-refractivity contribution in [2.24, 2.45) is 5.92 Å². The van der Waals surface area contributed by atoms with E-state index in [1.54, 1.807) is 0 Å². The van der Waals surface area contributed by atoms with Gasteiger partial charge in [0.1, 0.15) is 0 Å². The van der Waals surface area contributed by atoms with Crippen LogP contribution in [0.2, 0.25) is 0 Å². The molecule has 0 aliphatic heterocycles. The molecular weight excluding hydrogens is 204 g/mol. The largest absolute Gasteiger partial charge is 0.464 e. The minimum atomic E-state index is -0.363. The first-order valence-corrected chi connectivity index (χ1v) is 6.49. The summed E-state index contributed by atoms with van der Waals surface area (Å²) < 4.78 is 10.8. The van der Waals surface area contributed by atoms with E-state index in [0.717, 1.165) is 18.8 Å². The molecule has 0 saturated heterocycles. The first kappa shape index (κ1) is 13.5. The van der Waals surface area contributed by atoms with Crippen molar-refractivity contribution >= 4 is 5.97 Å². The first-order chi connectivity index (χ1) is 7.67. The second-order valence-corrected chi connectivity index (χ2v) is 4.67. The SMILES string of the molecule is CCOC(=O)C(CC)OC1CCC(C)CC1. The third kappa shape index (κ3) is 4.12. The molecule has 94 valence electrons. The van der Waals surface area contributed by atoms with Crippen molar-refractivity contribution in [3.05, 3.63) is 0 Å². The summed E-state index contributed by atoms with van der Waals surface area (Å²) in [5.74, 6) is 0.603. The third-order valence-corrected chi connectivity index (χ3v) is 3.24. The van der Waals surface area contributed by atoms with Crippen LogP contribution in [0.1, 0.15) is 52.9 Å². The van der Waals surface area contributed by atoms with Crippen LogP contribution in [0.25, 0.3) is 0 Å². The molecule has 0 aromatic carbocycles. The zero-order valence-corrected chi connectivity index (χ0v) is 10.7. The van der Waals surface area contributed by atoms with Crippen molar-refractivity contribution in [3.8, 4) is 0 Å². The van der Waals surface area contributed by atoms with Gasteiger partial charge in [0.05, 0.1) is 12.7 Å². The van der Waals surface area contributed by atoms with Crippen LogP contribution in [0, 0.1) is 5.92 Å². The van der Waals surface area contributed by atoms with Gasteiger partial charge in [0.25, 0.3) is 0 Å². The maximum atomic E-state index is 11.6. The van der Waals surface area contributed by atoms with Crippen LogP contribution in [-0.2, 0) is 14.3 Å². The summed E-state index contributed by atoms with van der Waals surface area (Å²) in [6.45, 7) is 6.50. The van der Waals surface area contributed by atoms with Gasteiger partial charge in [-0.1, -0.05) is 13.8 Å². The number of carbonyl (C=O) groups is 1. The molecule has 1 rings (SSSR count). The van der Waals surface area contributed by atoms with Crippen LogP contribution < -0.4 is 0 Å². The lowest BCUT2D eigenvalue weighted by Crippen LogP contribution is -2.32. The van der Waals surface area contributed by atoms with E-state index >= 15 is 0 Å². The van der Waals surface area contributed by atoms with Gasteiger partial charge in [-0.05, 0) is 44.9 Å². The predicted molar refractivity (Wildman–Crippen MR) is 63.2 cm³/mol. The Hall–Kier alpha value is -0.570. The Morgan fingerprint density at radius 2 is 1.88 bits per heavy atom. The second-order valence-electron chi connectivity index (χ2n) is 4.67. The zero-order chi connectivity index (χ0) is 12.0. The smallest absolute Gasteiger partial charge is 0.335 e. The number of hydrogen-bond donors (Lipinski definition) is 0. The molecule has 0 aromatic rings. The van der Waals surface area contributed by atoms with E-state index in [0.29, 0.717) is 13.0 Å². The van der Waals surface area contributed by atoms with Crippen LogP contribution in [-0.4, -0.2) is 24.8 Å². The molecule has 1 fully saturated rings. The summed E-state index contributed by atoms with van der Waals surface area (Å²) in [6, 6.07) is 0. The van der Waals surface area contributed by atoms with Gasteiger partial charge < -0.3 is 9.47 Å². The van der Waals surface area contributed by atoms with E-state index in [9.17, 15) is 4.79 Å². The average Bonchev–Trinajstić information content (AvgIpc) is 2.28. The highest BCUT2D eigenvalue weighted by Gasteiger charge is 2.25. The van der Waals surface area contributed by atoms with Crippen molar-refractivity contribution in [1.29, 1.82) is 0 Å². The highest BCUT2D eigenvalue weighted by Crippen LogP contribution is 2.26. The fourth-order valence-electron chi connectivity index (χ4n) is 2.15. The van der Waals surface area contributed by atoms with Crippen LogP contribution in [0.4, 0.5) is 0 Å². The summed E-state index contributed by atoms with van der Waals surface area (Å²) >= 11 is 0. The van der Waals surface area contributed by atoms with E-state index < -0.39 is 0 Å². The van der Waals surface area contributed by atoms with E-state index in [1.165, 1.54) is 12.8 Å². The molecule has 0 radical (unpaired) electrons. The predicted octanol–water partition coefficient (Wildman–Crippen LogP) is 2.92. The van der Waals surface area contributed by atoms with Gasteiger partial charge >= 0.3 is 5.97 Å². The summed E-state index contributed by atoms with van der Waals surface area (Å²) in [4.78, 5) is 11.6. The van der Waals surface area contributed by atoms with Crippen LogP contribution in [0.15, 0.2) is 0 Å². The highest BCUT2D eigenvalue weighted by molar-refractivity contribution is 5.74. The fraction of sp³-hybridized carbons (Fsp3) is 0.923. The number of rotatable bonds is 5. The molecule has 1 saturated carbocycles. The molecule has 1 unspecified atom stereocenters. The Balaban J connectivity index is 2.35. The Labute approximate surface area is 98.5 Å². The summed E-state index contributed by atoms with van der Waals surface area (Å²) in [5.41, 5.74) is 0. The van der Waals surface area contributed by atoms with Crippen molar-refractivity contribution in [1.82, 2.24) is 0 Å². The Bertz CT molecular complexity index is 207. The van der Waals surface area contributed by atoms with E-state index in [1.807, 2.05) is 13.8 Å². The molecule has 0 N–H and O–H groups in total. The van der Waals surface area contributed by atoms with Gasteiger partial charge in [-0.2, -0.15) is 0 Å². The Morgan fingerprint density at radius 3 is 2.38 bits per heavy atom. The second kappa shape index (κ2) is 6.89. The molecule has 1 aliphatic carbocycles. The molecule has 3 nitrogen and oxygen atoms in total. The molecule has 0 heterocycles. The van der Waals surface area contributed by atoms with Gasteiger partial charge in [-0.3, -0.25) is 0 Å². The maximum absolute atomic E-state index is 11.6. The van der Waals surface area contributed by atoms with E-state index in [4.69, 9.17) is 9.47 Å². The molecule has 1 atom stereocenters. The molecule has 3 heteroatoms. The summed E-state index contributed by atoms with van der Waals surface area (Å²) in [6.07, 6.45) is 5.18. The lowest BCUT2D eigenvalue weighted by molar-refractivity contribution is -0.162. The minimum Gasteiger partial charge on any atom is -0.464 e. The fourth-order valence-corrected chi connectivity index (χ4v) is 2.15. The van der Waals surface area contributed by atoms with Gasteiger partial charge in [0.15, 0.2) is 6.10 Å². The quantitative estimate of drug-likeness (QED) is 0.679. The summed E-state index contributed by atoms with van der Waals surface area (Å²) in [5, 5.41) is 0. The summed E-state index contributed by atoms with van der Waals surface area (Å²) in [7, 11) is 0. The first-order valence-electron chi connectivity index (χ1n) is 6.49. The van der Waals surface area contributed by atoms with Crippen LogP contribution in [0.5, 0.6) is 0 Å². The maximum Gasteiger partial charge on any atom is 0.335 e. The normalized spacial score (nSPS) is 27.4. The van der Waals surface area contributed by atoms with Crippen molar-refractivity contribution in [2.75, 3.05) is 6.61 Å². The molecule has 0 bridgehead atoms. The van der Waals surface area contributed by atoms with Gasteiger partial charge in [0.2, 0.25) is 0 Å². The molecule has 1 aliphatic rings. The lowest BCUT2D eigenvalue weighted by atomic mass is 9.89. The highest BCUT2D eigenvalue weighted by atomic mass is 16.6. The average molecular weight is 228 g/mol. The Kier molecular flexibility index (Phi) is 5.81. The zero-order valence-electron chi connectivity index (χ0n) is 10.7. The van der Waals surface area contributed by atoms with E-state index in [-0.39, 0.29) is 18.2 Å². The van der Waals surface area contributed by atoms with E-state index in [2.05, 4.69) is 6.92 Å². The van der Waals surface area contributed by atoms with Crippen molar-refractivity contribution in [3.63, 3.8) is 0 Å². The number of ether oxygens (including phenoxy) is 2. The topological polar surface area (TPSA) is 35.5 Å². The number of esters is 1. The monoisotopic (exact) mass is 228 g/mol. The molecular formula is C13H24O3. The number of hydrogen-bond acceptors (Lipinski definition) is 3. The molecule has 16 heavy (non-hydrogen) atoms. The van der Waals surface area contributed by atoms with Gasteiger partial charge in [-0.25, -0.2) is 4.79 Å².